The van der Waals surface area contributed by atoms with Gasteiger partial charge in [-0.1, -0.05) is 6.08 Å². The van der Waals surface area contributed by atoms with E-state index >= 15 is 0 Å². The quantitative estimate of drug-likeness (QED) is 0.331. The Morgan fingerprint density at radius 2 is 1.92 bits per heavy atom. The number of nitrogens with zero attached hydrogens (tertiary/aromatic N) is 2. The molecule has 38 heavy (non-hydrogen) atoms. The smallest absolute Gasteiger partial charge is 0.332 e. The number of hydrogen-bond acceptors (Lipinski definition) is 6. The largest absolute Gasteiger partial charge is 0.497 e. The average Bonchev–Trinajstić information content (AvgIpc) is 2.92. The molecule has 1 aromatic carbocycles. The summed E-state index contributed by atoms with van der Waals surface area (Å²) in [6.45, 7) is 6.15. The highest BCUT2D eigenvalue weighted by Crippen LogP contribution is 2.57. The molecule has 5 atom stereocenters. The van der Waals surface area contributed by atoms with Crippen molar-refractivity contribution in [2.24, 2.45) is 29.6 Å². The summed E-state index contributed by atoms with van der Waals surface area (Å²) in [4.78, 5) is 20.5. The van der Waals surface area contributed by atoms with Crippen LogP contribution < -0.4 is 4.74 Å². The Kier molecular flexibility index (Phi) is 6.23. The third-order valence-electron chi connectivity index (χ3n) is 10.5. The Bertz CT molecular complexity index is 1190. The second kappa shape index (κ2) is 9.63. The molecule has 4 aliphatic carbocycles. The van der Waals surface area contributed by atoms with E-state index in [-0.39, 0.29) is 30.3 Å². The van der Waals surface area contributed by atoms with Crippen molar-refractivity contribution >= 4 is 16.9 Å². The molecular formula is C32H40N2O4. The fourth-order valence-electron chi connectivity index (χ4n) is 9.21. The molecule has 0 amide bonds. The first-order valence-corrected chi connectivity index (χ1v) is 14.6. The lowest BCUT2D eigenvalue weighted by Gasteiger charge is -2.55. The van der Waals surface area contributed by atoms with Gasteiger partial charge in [-0.15, -0.1) is 6.58 Å². The van der Waals surface area contributed by atoms with Crippen molar-refractivity contribution in [2.45, 2.75) is 69.1 Å². The maximum atomic E-state index is 13.4. The fraction of sp³-hybridized carbons (Fsp3) is 0.625. The number of carbonyl (C=O) groups is 1. The molecule has 1 aromatic heterocycles. The standard InChI is InChI=1S/C32H40N2O4/c1-3-23-18-34-9-7-24(23)13-29(34)31(26-6-8-33-28-5-4-25(36-2)14-27(26)28)37-19-30(35)38-32-15-20-10-21(16-32)12-22(11-20)17-32/h3-6,8,14,20-24,29,31H,1,7,9-13,15-19H2,2H3/t20?,21?,22?,23-,24?,29+,31-,32?/m0/s1. The highest BCUT2D eigenvalue weighted by Gasteiger charge is 2.53. The Morgan fingerprint density at radius 3 is 2.58 bits per heavy atom. The highest BCUT2D eigenvalue weighted by molar-refractivity contribution is 5.84. The number of hydrogen-bond donors (Lipinski definition) is 0. The van der Waals surface area contributed by atoms with E-state index < -0.39 is 0 Å². The first-order chi connectivity index (χ1) is 18.5. The van der Waals surface area contributed by atoms with Crippen LogP contribution in [0.15, 0.2) is 43.1 Å². The molecule has 4 saturated carbocycles. The minimum Gasteiger partial charge on any atom is -0.497 e. The second-order valence-electron chi connectivity index (χ2n) is 12.8. The maximum Gasteiger partial charge on any atom is 0.332 e. The summed E-state index contributed by atoms with van der Waals surface area (Å²) in [6.07, 6.45) is 13.1. The molecule has 4 heterocycles. The summed E-state index contributed by atoms with van der Waals surface area (Å²) in [5.74, 6) is 3.95. The van der Waals surface area contributed by atoms with Gasteiger partial charge in [0.2, 0.25) is 0 Å². The summed E-state index contributed by atoms with van der Waals surface area (Å²) in [5, 5.41) is 1.02. The molecule has 0 N–H and O–H groups in total. The lowest BCUT2D eigenvalue weighted by molar-refractivity contribution is -0.194. The van der Waals surface area contributed by atoms with Gasteiger partial charge in [-0.05, 0) is 117 Å². The van der Waals surface area contributed by atoms with E-state index in [1.165, 1.54) is 25.7 Å². The van der Waals surface area contributed by atoms with Crippen LogP contribution in [0.2, 0.25) is 0 Å². The average molecular weight is 517 g/mol. The number of fused-ring (bicyclic) bond motifs is 4. The topological polar surface area (TPSA) is 60.9 Å². The number of methoxy groups -OCH3 is 1. The third-order valence-corrected chi connectivity index (χ3v) is 10.5. The molecule has 7 aliphatic rings. The van der Waals surface area contributed by atoms with Crippen molar-refractivity contribution in [3.05, 3.63) is 48.7 Å². The van der Waals surface area contributed by atoms with Crippen molar-refractivity contribution in [3.63, 3.8) is 0 Å². The van der Waals surface area contributed by atoms with Gasteiger partial charge in [0, 0.05) is 24.2 Å². The molecule has 2 unspecified atom stereocenters. The van der Waals surface area contributed by atoms with Crippen LogP contribution in [0, 0.1) is 29.6 Å². The van der Waals surface area contributed by atoms with Gasteiger partial charge in [-0.25, -0.2) is 4.79 Å². The Morgan fingerprint density at radius 1 is 1.16 bits per heavy atom. The van der Waals surface area contributed by atoms with Crippen LogP contribution in [0.5, 0.6) is 5.75 Å². The predicted molar refractivity (Wildman–Crippen MR) is 146 cm³/mol. The number of piperidine rings is 3. The zero-order valence-corrected chi connectivity index (χ0v) is 22.5. The van der Waals surface area contributed by atoms with E-state index in [1.54, 1.807) is 7.11 Å². The monoisotopic (exact) mass is 516 g/mol. The Hall–Kier alpha value is -2.44. The van der Waals surface area contributed by atoms with Gasteiger partial charge in [0.15, 0.2) is 0 Å². The Labute approximate surface area is 225 Å². The highest BCUT2D eigenvalue weighted by atomic mass is 16.6. The van der Waals surface area contributed by atoms with Gasteiger partial charge < -0.3 is 14.2 Å². The van der Waals surface area contributed by atoms with Gasteiger partial charge >= 0.3 is 5.97 Å². The van der Waals surface area contributed by atoms with Crippen molar-refractivity contribution in [3.8, 4) is 5.75 Å². The number of ether oxygens (including phenoxy) is 3. The van der Waals surface area contributed by atoms with E-state index in [0.29, 0.717) is 11.8 Å². The van der Waals surface area contributed by atoms with Crippen molar-refractivity contribution < 1.29 is 19.0 Å². The molecule has 0 spiro atoms. The summed E-state index contributed by atoms with van der Waals surface area (Å²) < 4.78 is 18.5. The van der Waals surface area contributed by atoms with Crippen molar-refractivity contribution in [2.75, 3.05) is 26.8 Å². The molecule has 6 heteroatoms. The van der Waals surface area contributed by atoms with Gasteiger partial charge in [-0.2, -0.15) is 0 Å². The number of pyridine rings is 1. The summed E-state index contributed by atoms with van der Waals surface area (Å²) in [5.41, 5.74) is 1.74. The molecule has 6 nitrogen and oxygen atoms in total. The van der Waals surface area contributed by atoms with Crippen LogP contribution in [0.1, 0.15) is 63.0 Å². The van der Waals surface area contributed by atoms with Crippen LogP contribution in [0.25, 0.3) is 10.9 Å². The predicted octanol–water partition coefficient (Wildman–Crippen LogP) is 5.71. The van der Waals surface area contributed by atoms with E-state index in [9.17, 15) is 4.79 Å². The van der Waals surface area contributed by atoms with Crippen LogP contribution in [-0.4, -0.2) is 54.3 Å². The van der Waals surface area contributed by atoms with E-state index in [4.69, 9.17) is 14.2 Å². The summed E-state index contributed by atoms with van der Waals surface area (Å²) in [6, 6.07) is 8.25. The van der Waals surface area contributed by atoms with Crippen LogP contribution in [-0.2, 0) is 14.3 Å². The fourth-order valence-corrected chi connectivity index (χ4v) is 9.21. The zero-order chi connectivity index (χ0) is 25.9. The van der Waals surface area contributed by atoms with Crippen molar-refractivity contribution in [1.29, 1.82) is 0 Å². The third kappa shape index (κ3) is 4.34. The van der Waals surface area contributed by atoms with Crippen LogP contribution >= 0.6 is 0 Å². The first-order valence-electron chi connectivity index (χ1n) is 14.6. The number of esters is 1. The molecule has 2 aromatic rings. The minimum absolute atomic E-state index is 0.0138. The summed E-state index contributed by atoms with van der Waals surface area (Å²) >= 11 is 0. The molecule has 202 valence electrons. The number of carbonyl (C=O) groups excluding carboxylic acids is 1. The lowest BCUT2D eigenvalue weighted by atomic mass is 9.54. The Balaban J connectivity index is 1.15. The van der Waals surface area contributed by atoms with Gasteiger partial charge in [-0.3, -0.25) is 9.88 Å². The van der Waals surface area contributed by atoms with Gasteiger partial charge in [0.25, 0.3) is 0 Å². The molecule has 3 saturated heterocycles. The van der Waals surface area contributed by atoms with Gasteiger partial charge in [0.1, 0.15) is 18.0 Å². The molecule has 9 rings (SSSR count). The molecule has 0 radical (unpaired) electrons. The second-order valence-corrected chi connectivity index (χ2v) is 12.8. The number of rotatable bonds is 8. The lowest BCUT2D eigenvalue weighted by Crippen LogP contribution is -2.55. The zero-order valence-electron chi connectivity index (χ0n) is 22.5. The van der Waals surface area contributed by atoms with E-state index in [2.05, 4.69) is 28.6 Å². The number of benzene rings is 1. The van der Waals surface area contributed by atoms with Crippen LogP contribution in [0.4, 0.5) is 0 Å². The minimum atomic E-state index is -0.245. The van der Waals surface area contributed by atoms with Crippen LogP contribution in [0.3, 0.4) is 0 Å². The first kappa shape index (κ1) is 24.6. The SMILES string of the molecule is C=C[C@H]1CN2CCC1C[C@@H]2[C@@H](OCC(=O)OC12CC3CC(CC(C3)C1)C2)c1ccnc2ccc(OC)cc12. The van der Waals surface area contributed by atoms with E-state index in [0.717, 1.165) is 78.7 Å². The summed E-state index contributed by atoms with van der Waals surface area (Å²) in [7, 11) is 1.69. The van der Waals surface area contributed by atoms with E-state index in [1.807, 2.05) is 24.4 Å². The molecular weight excluding hydrogens is 476 g/mol. The molecule has 7 fully saturated rings. The maximum absolute atomic E-state index is 13.4. The van der Waals surface area contributed by atoms with Crippen molar-refractivity contribution in [1.82, 2.24) is 9.88 Å². The molecule has 3 aliphatic heterocycles. The normalized spacial score (nSPS) is 37.8. The molecule has 6 bridgehead atoms. The number of aromatic nitrogens is 1. The van der Waals surface area contributed by atoms with Gasteiger partial charge in [0.05, 0.1) is 18.7 Å².